The van der Waals surface area contributed by atoms with E-state index in [1.807, 2.05) is 13.8 Å². The summed E-state index contributed by atoms with van der Waals surface area (Å²) in [5.41, 5.74) is 1.10. The van der Waals surface area contributed by atoms with Gasteiger partial charge < -0.3 is 15.4 Å². The largest absolute Gasteiger partial charge is 0.375 e. The predicted molar refractivity (Wildman–Crippen MR) is 67.0 cm³/mol. The summed E-state index contributed by atoms with van der Waals surface area (Å²) in [5.74, 6) is -0.704. The number of morpholine rings is 1. The minimum absolute atomic E-state index is 0.208. The molecule has 5 heteroatoms. The van der Waals surface area contributed by atoms with Crippen LogP contribution in [-0.2, 0) is 9.53 Å². The number of nitrogens with one attached hydrogen (secondary N) is 2. The molecule has 1 aromatic carbocycles. The van der Waals surface area contributed by atoms with Crippen LogP contribution in [0.1, 0.15) is 12.5 Å². The first-order valence-corrected chi connectivity index (χ1v) is 6.00. The maximum atomic E-state index is 13.5. The highest BCUT2D eigenvalue weighted by Crippen LogP contribution is 2.16. The van der Waals surface area contributed by atoms with Gasteiger partial charge in [0, 0.05) is 6.54 Å². The van der Waals surface area contributed by atoms with Gasteiger partial charge in [0.1, 0.15) is 11.9 Å². The van der Waals surface area contributed by atoms with Gasteiger partial charge in [0.05, 0.1) is 18.4 Å². The van der Waals surface area contributed by atoms with Crippen LogP contribution in [0.2, 0.25) is 0 Å². The first-order chi connectivity index (χ1) is 8.58. The van der Waals surface area contributed by atoms with Gasteiger partial charge in [-0.05, 0) is 31.5 Å². The van der Waals surface area contributed by atoms with Gasteiger partial charge in [-0.15, -0.1) is 0 Å². The van der Waals surface area contributed by atoms with Gasteiger partial charge in [-0.2, -0.15) is 0 Å². The third-order valence-corrected chi connectivity index (χ3v) is 2.98. The van der Waals surface area contributed by atoms with Crippen LogP contribution in [0.15, 0.2) is 18.2 Å². The highest BCUT2D eigenvalue weighted by molar-refractivity contribution is 5.95. The molecule has 0 aromatic heterocycles. The van der Waals surface area contributed by atoms with E-state index in [1.54, 1.807) is 12.1 Å². The summed E-state index contributed by atoms with van der Waals surface area (Å²) in [6.07, 6.45) is -0.216. The number of hydrogen-bond acceptors (Lipinski definition) is 3. The van der Waals surface area contributed by atoms with Gasteiger partial charge in [-0.1, -0.05) is 6.07 Å². The standard InChI is InChI=1S/C13H17FN2O2/c1-8-3-4-10(14)11(7-8)16-13(17)12-9(2)18-6-5-15-12/h3-4,7,9,12,15H,5-6H2,1-2H3,(H,16,17)/t9-,12+/m1/s1. The quantitative estimate of drug-likeness (QED) is 0.837. The van der Waals surface area contributed by atoms with Crippen LogP contribution < -0.4 is 10.6 Å². The van der Waals surface area contributed by atoms with Crippen molar-refractivity contribution < 1.29 is 13.9 Å². The Balaban J connectivity index is 2.08. The number of hydrogen-bond donors (Lipinski definition) is 2. The summed E-state index contributed by atoms with van der Waals surface area (Å²) in [5, 5.41) is 5.66. The second kappa shape index (κ2) is 5.46. The lowest BCUT2D eigenvalue weighted by molar-refractivity contribution is -0.123. The topological polar surface area (TPSA) is 50.4 Å². The SMILES string of the molecule is Cc1ccc(F)c(NC(=O)[C@H]2NCCO[C@@H]2C)c1. The summed E-state index contributed by atoms with van der Waals surface area (Å²) < 4.78 is 18.9. The molecule has 1 fully saturated rings. The van der Waals surface area contributed by atoms with Crippen LogP contribution in [0.4, 0.5) is 10.1 Å². The van der Waals surface area contributed by atoms with Gasteiger partial charge >= 0.3 is 0 Å². The molecule has 1 aromatic rings. The Hall–Kier alpha value is -1.46. The average Bonchev–Trinajstić information content (AvgIpc) is 2.34. The fourth-order valence-electron chi connectivity index (χ4n) is 1.97. The molecule has 0 spiro atoms. The molecular formula is C13H17FN2O2. The zero-order valence-corrected chi connectivity index (χ0v) is 10.5. The number of carbonyl (C=O) groups excluding carboxylic acids is 1. The van der Waals surface area contributed by atoms with E-state index in [0.717, 1.165) is 5.56 Å². The fraction of sp³-hybridized carbons (Fsp3) is 0.462. The Labute approximate surface area is 106 Å². The summed E-state index contributed by atoms with van der Waals surface area (Å²) in [6.45, 7) is 4.88. The summed E-state index contributed by atoms with van der Waals surface area (Å²) in [7, 11) is 0. The fourth-order valence-corrected chi connectivity index (χ4v) is 1.97. The van der Waals surface area contributed by atoms with Crippen molar-refractivity contribution in [3.8, 4) is 0 Å². The third kappa shape index (κ3) is 2.86. The molecule has 0 unspecified atom stereocenters. The van der Waals surface area contributed by atoms with E-state index >= 15 is 0 Å². The second-order valence-electron chi connectivity index (χ2n) is 4.48. The van der Waals surface area contributed by atoms with Gasteiger partial charge in [0.15, 0.2) is 0 Å². The molecule has 1 aliphatic rings. The lowest BCUT2D eigenvalue weighted by Gasteiger charge is -2.29. The lowest BCUT2D eigenvalue weighted by Crippen LogP contribution is -2.53. The molecule has 0 aliphatic carbocycles. The number of ether oxygens (including phenoxy) is 1. The molecule has 0 bridgehead atoms. The van der Waals surface area contributed by atoms with E-state index < -0.39 is 11.9 Å². The lowest BCUT2D eigenvalue weighted by atomic mass is 10.1. The minimum Gasteiger partial charge on any atom is -0.375 e. The third-order valence-electron chi connectivity index (χ3n) is 2.98. The van der Waals surface area contributed by atoms with Gasteiger partial charge in [0.2, 0.25) is 5.91 Å². The number of rotatable bonds is 2. The molecule has 0 saturated carbocycles. The Bertz CT molecular complexity index is 451. The van der Waals surface area contributed by atoms with Crippen molar-refractivity contribution in [2.45, 2.75) is 26.0 Å². The van der Waals surface area contributed by atoms with Crippen LogP contribution in [0.5, 0.6) is 0 Å². The van der Waals surface area contributed by atoms with Gasteiger partial charge in [0.25, 0.3) is 0 Å². The van der Waals surface area contributed by atoms with Crippen molar-refractivity contribution in [2.24, 2.45) is 0 Å². The van der Waals surface area contributed by atoms with Crippen molar-refractivity contribution in [3.05, 3.63) is 29.6 Å². The predicted octanol–water partition coefficient (Wildman–Crippen LogP) is 1.45. The van der Waals surface area contributed by atoms with Crippen molar-refractivity contribution >= 4 is 11.6 Å². The van der Waals surface area contributed by atoms with E-state index in [9.17, 15) is 9.18 Å². The normalized spacial score (nSPS) is 23.7. The minimum atomic E-state index is -0.446. The number of carbonyl (C=O) groups is 1. The summed E-state index contributed by atoms with van der Waals surface area (Å²) in [6, 6.07) is 4.18. The maximum absolute atomic E-state index is 13.5. The Morgan fingerprint density at radius 2 is 2.33 bits per heavy atom. The van der Waals surface area contributed by atoms with E-state index in [-0.39, 0.29) is 17.7 Å². The molecular weight excluding hydrogens is 235 g/mol. The van der Waals surface area contributed by atoms with E-state index in [0.29, 0.717) is 13.2 Å². The smallest absolute Gasteiger partial charge is 0.244 e. The number of halogens is 1. The molecule has 2 rings (SSSR count). The van der Waals surface area contributed by atoms with Crippen LogP contribution >= 0.6 is 0 Å². The van der Waals surface area contributed by atoms with E-state index in [4.69, 9.17) is 4.74 Å². The molecule has 2 N–H and O–H groups in total. The monoisotopic (exact) mass is 252 g/mol. The second-order valence-corrected chi connectivity index (χ2v) is 4.48. The van der Waals surface area contributed by atoms with E-state index in [2.05, 4.69) is 10.6 Å². The summed E-state index contributed by atoms with van der Waals surface area (Å²) in [4.78, 5) is 12.0. The van der Waals surface area contributed by atoms with Crippen molar-refractivity contribution in [3.63, 3.8) is 0 Å². The Morgan fingerprint density at radius 1 is 1.56 bits per heavy atom. The van der Waals surface area contributed by atoms with Crippen LogP contribution in [0, 0.1) is 12.7 Å². The summed E-state index contributed by atoms with van der Waals surface area (Å²) >= 11 is 0. The van der Waals surface area contributed by atoms with Crippen LogP contribution in [0.25, 0.3) is 0 Å². The Morgan fingerprint density at radius 3 is 3.06 bits per heavy atom. The number of benzene rings is 1. The van der Waals surface area contributed by atoms with Crippen molar-refractivity contribution in [1.29, 1.82) is 0 Å². The van der Waals surface area contributed by atoms with Gasteiger partial charge in [-0.25, -0.2) is 4.39 Å². The molecule has 1 saturated heterocycles. The molecule has 4 nitrogen and oxygen atoms in total. The van der Waals surface area contributed by atoms with Crippen molar-refractivity contribution in [2.75, 3.05) is 18.5 Å². The van der Waals surface area contributed by atoms with Crippen LogP contribution in [-0.4, -0.2) is 31.2 Å². The zero-order valence-electron chi connectivity index (χ0n) is 10.5. The Kier molecular flexibility index (Phi) is 3.93. The van der Waals surface area contributed by atoms with Crippen LogP contribution in [0.3, 0.4) is 0 Å². The number of amides is 1. The average molecular weight is 252 g/mol. The van der Waals surface area contributed by atoms with Crippen molar-refractivity contribution in [1.82, 2.24) is 5.32 Å². The molecule has 98 valence electrons. The molecule has 1 amide bonds. The number of aryl methyl sites for hydroxylation is 1. The molecule has 2 atom stereocenters. The molecule has 0 radical (unpaired) electrons. The molecule has 18 heavy (non-hydrogen) atoms. The molecule has 1 heterocycles. The first-order valence-electron chi connectivity index (χ1n) is 6.00. The first kappa shape index (κ1) is 13.0. The highest BCUT2D eigenvalue weighted by Gasteiger charge is 2.28. The molecule has 1 aliphatic heterocycles. The zero-order chi connectivity index (χ0) is 13.1. The maximum Gasteiger partial charge on any atom is 0.244 e. The van der Waals surface area contributed by atoms with Gasteiger partial charge in [-0.3, -0.25) is 4.79 Å². The number of anilines is 1. The van der Waals surface area contributed by atoms with E-state index in [1.165, 1.54) is 6.07 Å². The highest BCUT2D eigenvalue weighted by atomic mass is 19.1.